The smallest absolute Gasteiger partial charge is 0.323 e. The van der Waals surface area contributed by atoms with Crippen molar-refractivity contribution in [2.45, 2.75) is 39.3 Å². The zero-order valence-corrected chi connectivity index (χ0v) is 11.2. The predicted molar refractivity (Wildman–Crippen MR) is 68.5 cm³/mol. The van der Waals surface area contributed by atoms with Crippen LogP contribution in [0.5, 0.6) is 0 Å². The first-order chi connectivity index (χ1) is 9.08. The highest BCUT2D eigenvalue weighted by atomic mass is 19.2. The van der Waals surface area contributed by atoms with Crippen molar-refractivity contribution in [3.05, 3.63) is 35.4 Å². The molecule has 0 saturated carbocycles. The van der Waals surface area contributed by atoms with Crippen LogP contribution in [0.4, 0.5) is 8.78 Å². The Morgan fingerprint density at radius 3 is 2.63 bits per heavy atom. The summed E-state index contributed by atoms with van der Waals surface area (Å²) in [5.74, 6) is -2.08. The van der Waals surface area contributed by atoms with Gasteiger partial charge in [0.1, 0.15) is 6.04 Å². The molecule has 0 aliphatic rings. The highest BCUT2D eigenvalue weighted by molar-refractivity contribution is 5.75. The van der Waals surface area contributed by atoms with E-state index in [0.717, 1.165) is 18.6 Å². The van der Waals surface area contributed by atoms with Crippen LogP contribution in [-0.2, 0) is 16.1 Å². The number of hydrogen-bond donors (Lipinski definition) is 1. The minimum Gasteiger partial charge on any atom is -0.465 e. The van der Waals surface area contributed by atoms with Crippen molar-refractivity contribution in [2.75, 3.05) is 6.61 Å². The van der Waals surface area contributed by atoms with Crippen molar-refractivity contribution in [1.29, 1.82) is 0 Å². The first-order valence-electron chi connectivity index (χ1n) is 6.42. The summed E-state index contributed by atoms with van der Waals surface area (Å²) in [4.78, 5) is 11.7. The molecule has 0 radical (unpaired) electrons. The van der Waals surface area contributed by atoms with Gasteiger partial charge in [0, 0.05) is 6.54 Å². The van der Waals surface area contributed by atoms with Crippen molar-refractivity contribution in [3.8, 4) is 0 Å². The van der Waals surface area contributed by atoms with Gasteiger partial charge in [0.15, 0.2) is 11.6 Å². The van der Waals surface area contributed by atoms with Crippen LogP contribution < -0.4 is 5.32 Å². The monoisotopic (exact) mass is 271 g/mol. The van der Waals surface area contributed by atoms with E-state index in [1.807, 2.05) is 6.92 Å². The van der Waals surface area contributed by atoms with Gasteiger partial charge in [-0.25, -0.2) is 8.78 Å². The molecule has 5 heteroatoms. The maximum absolute atomic E-state index is 13.0. The number of hydrogen-bond acceptors (Lipinski definition) is 3. The zero-order chi connectivity index (χ0) is 14.3. The number of halogens is 2. The molecule has 0 saturated heterocycles. The number of benzene rings is 1. The number of esters is 1. The molecule has 0 amide bonds. The molecule has 1 N–H and O–H groups in total. The molecular weight excluding hydrogens is 252 g/mol. The summed E-state index contributed by atoms with van der Waals surface area (Å²) in [7, 11) is 0. The largest absolute Gasteiger partial charge is 0.465 e. The van der Waals surface area contributed by atoms with Crippen molar-refractivity contribution in [1.82, 2.24) is 5.32 Å². The molecule has 0 spiro atoms. The van der Waals surface area contributed by atoms with Crippen LogP contribution in [-0.4, -0.2) is 18.6 Å². The Balaban J connectivity index is 2.59. The fourth-order valence-corrected chi connectivity index (χ4v) is 1.73. The molecule has 1 atom stereocenters. The van der Waals surface area contributed by atoms with Gasteiger partial charge in [-0.3, -0.25) is 4.79 Å². The molecular formula is C14H19F2NO2. The van der Waals surface area contributed by atoms with Gasteiger partial charge in [-0.15, -0.1) is 0 Å². The van der Waals surface area contributed by atoms with Gasteiger partial charge in [-0.2, -0.15) is 0 Å². The molecule has 3 nitrogen and oxygen atoms in total. The maximum Gasteiger partial charge on any atom is 0.323 e. The number of carbonyl (C=O) groups excluding carboxylic acids is 1. The van der Waals surface area contributed by atoms with Gasteiger partial charge in [-0.1, -0.05) is 19.4 Å². The second-order valence-electron chi connectivity index (χ2n) is 4.22. The second kappa shape index (κ2) is 7.84. The van der Waals surface area contributed by atoms with Crippen LogP contribution in [0.2, 0.25) is 0 Å². The molecule has 0 aromatic heterocycles. The van der Waals surface area contributed by atoms with Gasteiger partial charge < -0.3 is 10.1 Å². The summed E-state index contributed by atoms with van der Waals surface area (Å²) in [5, 5.41) is 3.00. The topological polar surface area (TPSA) is 38.3 Å². The highest BCUT2D eigenvalue weighted by Gasteiger charge is 2.18. The van der Waals surface area contributed by atoms with Gasteiger partial charge in [0.25, 0.3) is 0 Å². The summed E-state index contributed by atoms with van der Waals surface area (Å²) >= 11 is 0. The van der Waals surface area contributed by atoms with Gasteiger partial charge in [0.2, 0.25) is 0 Å². The summed E-state index contributed by atoms with van der Waals surface area (Å²) in [5.41, 5.74) is 0.587. The Kier molecular flexibility index (Phi) is 6.42. The van der Waals surface area contributed by atoms with E-state index in [1.165, 1.54) is 6.07 Å². The van der Waals surface area contributed by atoms with Crippen LogP contribution in [0.25, 0.3) is 0 Å². The molecule has 1 unspecified atom stereocenters. The SMILES string of the molecule is CCCC(NCc1ccc(F)c(F)c1)C(=O)OCC. The van der Waals surface area contributed by atoms with Crippen LogP contribution >= 0.6 is 0 Å². The van der Waals surface area contributed by atoms with Crippen molar-refractivity contribution < 1.29 is 18.3 Å². The van der Waals surface area contributed by atoms with E-state index < -0.39 is 17.7 Å². The summed E-state index contributed by atoms with van der Waals surface area (Å²) in [6.45, 7) is 4.33. The molecule has 1 aromatic carbocycles. The van der Waals surface area contributed by atoms with Gasteiger partial charge >= 0.3 is 5.97 Å². The predicted octanol–water partition coefficient (Wildman–Crippen LogP) is 2.79. The van der Waals surface area contributed by atoms with Gasteiger partial charge in [0.05, 0.1) is 6.61 Å². The molecule has 106 valence electrons. The summed E-state index contributed by atoms with van der Waals surface area (Å²) in [6.07, 6.45) is 1.47. The van der Waals surface area contributed by atoms with Crippen LogP contribution in [0.3, 0.4) is 0 Å². The number of carbonyl (C=O) groups is 1. The Morgan fingerprint density at radius 1 is 1.32 bits per heavy atom. The maximum atomic E-state index is 13.0. The Morgan fingerprint density at radius 2 is 2.05 bits per heavy atom. The number of rotatable bonds is 7. The third-order valence-electron chi connectivity index (χ3n) is 2.69. The standard InChI is InChI=1S/C14H19F2NO2/c1-3-5-13(14(18)19-4-2)17-9-10-6-7-11(15)12(16)8-10/h6-8,13,17H,3-5,9H2,1-2H3. The van der Waals surface area contributed by atoms with E-state index >= 15 is 0 Å². The normalized spacial score (nSPS) is 12.2. The van der Waals surface area contributed by atoms with E-state index in [9.17, 15) is 13.6 Å². The minimum absolute atomic E-state index is 0.292. The quantitative estimate of drug-likeness (QED) is 0.775. The molecule has 1 aromatic rings. The average Bonchev–Trinajstić information content (AvgIpc) is 2.38. The van der Waals surface area contributed by atoms with E-state index in [-0.39, 0.29) is 5.97 Å². The third kappa shape index (κ3) is 4.95. The van der Waals surface area contributed by atoms with E-state index in [0.29, 0.717) is 25.1 Å². The second-order valence-corrected chi connectivity index (χ2v) is 4.22. The van der Waals surface area contributed by atoms with E-state index in [4.69, 9.17) is 4.74 Å². The Labute approximate surface area is 112 Å². The summed E-state index contributed by atoms with van der Waals surface area (Å²) < 4.78 is 30.8. The molecule has 0 aliphatic heterocycles. The van der Waals surface area contributed by atoms with Crippen molar-refractivity contribution in [2.24, 2.45) is 0 Å². The lowest BCUT2D eigenvalue weighted by Gasteiger charge is -2.16. The molecule has 19 heavy (non-hydrogen) atoms. The average molecular weight is 271 g/mol. The van der Waals surface area contributed by atoms with Gasteiger partial charge in [-0.05, 0) is 31.0 Å². The fourth-order valence-electron chi connectivity index (χ4n) is 1.73. The fraction of sp³-hybridized carbons (Fsp3) is 0.500. The van der Waals surface area contributed by atoms with E-state index in [1.54, 1.807) is 6.92 Å². The van der Waals surface area contributed by atoms with E-state index in [2.05, 4.69) is 5.32 Å². The van der Waals surface area contributed by atoms with Crippen LogP contribution in [0, 0.1) is 11.6 Å². The lowest BCUT2D eigenvalue weighted by molar-refractivity contribution is -0.145. The van der Waals surface area contributed by atoms with Crippen molar-refractivity contribution in [3.63, 3.8) is 0 Å². The summed E-state index contributed by atoms with van der Waals surface area (Å²) in [6, 6.07) is 3.26. The number of nitrogens with one attached hydrogen (secondary N) is 1. The first kappa shape index (κ1) is 15.6. The molecule has 0 heterocycles. The minimum atomic E-state index is -0.887. The molecule has 1 rings (SSSR count). The highest BCUT2D eigenvalue weighted by Crippen LogP contribution is 2.09. The number of ether oxygens (including phenoxy) is 1. The lowest BCUT2D eigenvalue weighted by atomic mass is 10.1. The van der Waals surface area contributed by atoms with Crippen LogP contribution in [0.15, 0.2) is 18.2 Å². The van der Waals surface area contributed by atoms with Crippen LogP contribution in [0.1, 0.15) is 32.3 Å². The third-order valence-corrected chi connectivity index (χ3v) is 2.69. The Hall–Kier alpha value is -1.49. The lowest BCUT2D eigenvalue weighted by Crippen LogP contribution is -2.37. The first-order valence-corrected chi connectivity index (χ1v) is 6.42. The Bertz CT molecular complexity index is 424. The molecule has 0 bridgehead atoms. The molecule has 0 aliphatic carbocycles. The van der Waals surface area contributed by atoms with Crippen molar-refractivity contribution >= 4 is 5.97 Å². The zero-order valence-electron chi connectivity index (χ0n) is 11.2. The molecule has 0 fully saturated rings.